The van der Waals surface area contributed by atoms with Gasteiger partial charge in [0, 0.05) is 51.3 Å². The van der Waals surface area contributed by atoms with Crippen LogP contribution in [0.25, 0.3) is 0 Å². The maximum atomic E-state index is 12.3. The van der Waals surface area contributed by atoms with Gasteiger partial charge >= 0.3 is 0 Å². The van der Waals surface area contributed by atoms with Gasteiger partial charge in [0.15, 0.2) is 0 Å². The standard InChI is InChI=1S/C12H18N4O/c1-13-11-3-4-14-9-10(11)12(17)16-7-5-15(2)6-8-16/h3-4,9H,5-8H2,1-2H3,(H,13,14). The van der Waals surface area contributed by atoms with Crippen LogP contribution in [0, 0.1) is 0 Å². The third kappa shape index (κ3) is 2.55. The molecule has 0 radical (unpaired) electrons. The van der Waals surface area contributed by atoms with E-state index in [0.29, 0.717) is 5.56 Å². The highest BCUT2D eigenvalue weighted by molar-refractivity contribution is 5.99. The molecule has 5 heteroatoms. The number of amides is 1. The van der Waals surface area contributed by atoms with E-state index in [1.165, 1.54) is 0 Å². The third-order valence-electron chi connectivity index (χ3n) is 3.11. The van der Waals surface area contributed by atoms with Gasteiger partial charge in [-0.3, -0.25) is 9.78 Å². The number of nitrogens with one attached hydrogen (secondary N) is 1. The highest BCUT2D eigenvalue weighted by atomic mass is 16.2. The highest BCUT2D eigenvalue weighted by Crippen LogP contribution is 2.16. The van der Waals surface area contributed by atoms with E-state index in [1.54, 1.807) is 12.4 Å². The van der Waals surface area contributed by atoms with E-state index >= 15 is 0 Å². The van der Waals surface area contributed by atoms with Crippen molar-refractivity contribution in [2.24, 2.45) is 0 Å². The van der Waals surface area contributed by atoms with E-state index in [4.69, 9.17) is 0 Å². The summed E-state index contributed by atoms with van der Waals surface area (Å²) < 4.78 is 0. The van der Waals surface area contributed by atoms with Gasteiger partial charge in [-0.1, -0.05) is 0 Å². The maximum absolute atomic E-state index is 12.3. The van der Waals surface area contributed by atoms with Crippen LogP contribution in [0.1, 0.15) is 10.4 Å². The molecular formula is C12H18N4O. The molecule has 2 rings (SSSR count). The minimum atomic E-state index is 0.0653. The molecule has 0 unspecified atom stereocenters. The fourth-order valence-electron chi connectivity index (χ4n) is 1.96. The van der Waals surface area contributed by atoms with Gasteiger partial charge in [-0.2, -0.15) is 0 Å². The lowest BCUT2D eigenvalue weighted by molar-refractivity contribution is 0.0664. The van der Waals surface area contributed by atoms with Crippen LogP contribution in [-0.2, 0) is 0 Å². The summed E-state index contributed by atoms with van der Waals surface area (Å²) in [6.45, 7) is 3.43. The second-order valence-electron chi connectivity index (χ2n) is 4.27. The number of aromatic nitrogens is 1. The van der Waals surface area contributed by atoms with Gasteiger partial charge in [-0.05, 0) is 13.1 Å². The molecule has 1 amide bonds. The van der Waals surface area contributed by atoms with Crippen molar-refractivity contribution in [1.82, 2.24) is 14.8 Å². The van der Waals surface area contributed by atoms with Crippen LogP contribution in [0.5, 0.6) is 0 Å². The Labute approximate surface area is 101 Å². The SMILES string of the molecule is CNc1ccncc1C(=O)N1CCN(C)CC1. The molecule has 0 bridgehead atoms. The molecule has 1 aromatic rings. The zero-order chi connectivity index (χ0) is 12.3. The minimum Gasteiger partial charge on any atom is -0.387 e. The summed E-state index contributed by atoms with van der Waals surface area (Å²) in [7, 11) is 3.89. The number of nitrogens with zero attached hydrogens (tertiary/aromatic N) is 3. The smallest absolute Gasteiger partial charge is 0.257 e. The van der Waals surface area contributed by atoms with E-state index in [-0.39, 0.29) is 5.91 Å². The molecule has 1 saturated heterocycles. The summed E-state index contributed by atoms with van der Waals surface area (Å²) in [5.41, 5.74) is 1.49. The van der Waals surface area contributed by atoms with Crippen molar-refractivity contribution < 1.29 is 4.79 Å². The summed E-state index contributed by atoms with van der Waals surface area (Å²) in [4.78, 5) is 20.5. The molecule has 1 fully saturated rings. The van der Waals surface area contributed by atoms with E-state index < -0.39 is 0 Å². The highest BCUT2D eigenvalue weighted by Gasteiger charge is 2.22. The van der Waals surface area contributed by atoms with Crippen LogP contribution < -0.4 is 5.32 Å². The molecule has 1 N–H and O–H groups in total. The predicted molar refractivity (Wildman–Crippen MR) is 67.2 cm³/mol. The number of carbonyl (C=O) groups is 1. The Morgan fingerprint density at radius 1 is 1.35 bits per heavy atom. The lowest BCUT2D eigenvalue weighted by atomic mass is 10.2. The largest absolute Gasteiger partial charge is 0.387 e. The van der Waals surface area contributed by atoms with Crippen molar-refractivity contribution in [3.8, 4) is 0 Å². The van der Waals surface area contributed by atoms with Gasteiger partial charge in [0.25, 0.3) is 5.91 Å². The lowest BCUT2D eigenvalue weighted by Gasteiger charge is -2.32. The molecule has 92 valence electrons. The van der Waals surface area contributed by atoms with Crippen molar-refractivity contribution in [3.05, 3.63) is 24.0 Å². The van der Waals surface area contributed by atoms with Crippen molar-refractivity contribution in [3.63, 3.8) is 0 Å². The average molecular weight is 234 g/mol. The average Bonchev–Trinajstić information content (AvgIpc) is 2.39. The van der Waals surface area contributed by atoms with Gasteiger partial charge in [0.05, 0.1) is 5.56 Å². The van der Waals surface area contributed by atoms with Crippen molar-refractivity contribution in [2.75, 3.05) is 45.6 Å². The number of rotatable bonds is 2. The quantitative estimate of drug-likeness (QED) is 0.810. The van der Waals surface area contributed by atoms with E-state index in [9.17, 15) is 4.79 Å². The Morgan fingerprint density at radius 3 is 2.71 bits per heavy atom. The van der Waals surface area contributed by atoms with Gasteiger partial charge < -0.3 is 15.1 Å². The number of hydrogen-bond donors (Lipinski definition) is 1. The van der Waals surface area contributed by atoms with Crippen LogP contribution in [0.2, 0.25) is 0 Å². The summed E-state index contributed by atoms with van der Waals surface area (Å²) in [5, 5.41) is 3.03. The number of likely N-dealkylation sites (N-methyl/N-ethyl adjacent to an activating group) is 1. The first kappa shape index (κ1) is 11.9. The normalized spacial score (nSPS) is 16.9. The molecule has 1 aliphatic rings. The van der Waals surface area contributed by atoms with Gasteiger partial charge in [0.1, 0.15) is 0 Å². The maximum Gasteiger partial charge on any atom is 0.257 e. The molecule has 0 spiro atoms. The van der Waals surface area contributed by atoms with Crippen LogP contribution in [0.4, 0.5) is 5.69 Å². The van der Waals surface area contributed by atoms with Crippen molar-refractivity contribution >= 4 is 11.6 Å². The van der Waals surface area contributed by atoms with Gasteiger partial charge in [0.2, 0.25) is 0 Å². The van der Waals surface area contributed by atoms with Crippen LogP contribution in [0.3, 0.4) is 0 Å². The number of carbonyl (C=O) groups excluding carboxylic acids is 1. The Balaban J connectivity index is 2.14. The predicted octanol–water partition coefficient (Wildman–Crippen LogP) is 0.511. The second kappa shape index (κ2) is 5.14. The van der Waals surface area contributed by atoms with Crippen LogP contribution in [0.15, 0.2) is 18.5 Å². The van der Waals surface area contributed by atoms with Gasteiger partial charge in [-0.25, -0.2) is 0 Å². The minimum absolute atomic E-state index is 0.0653. The van der Waals surface area contributed by atoms with E-state index in [1.807, 2.05) is 18.0 Å². The third-order valence-corrected chi connectivity index (χ3v) is 3.11. The molecule has 0 atom stereocenters. The molecule has 0 aliphatic carbocycles. The van der Waals surface area contributed by atoms with E-state index in [2.05, 4.69) is 22.2 Å². The topological polar surface area (TPSA) is 48.5 Å². The first-order valence-electron chi connectivity index (χ1n) is 5.82. The zero-order valence-electron chi connectivity index (χ0n) is 10.3. The monoisotopic (exact) mass is 234 g/mol. The number of piperazine rings is 1. The first-order valence-corrected chi connectivity index (χ1v) is 5.82. The summed E-state index contributed by atoms with van der Waals surface area (Å²) in [6, 6.07) is 1.82. The fraction of sp³-hybridized carbons (Fsp3) is 0.500. The Bertz CT molecular complexity index is 399. The lowest BCUT2D eigenvalue weighted by Crippen LogP contribution is -2.47. The van der Waals surface area contributed by atoms with Crippen molar-refractivity contribution in [2.45, 2.75) is 0 Å². The fourth-order valence-corrected chi connectivity index (χ4v) is 1.96. The number of pyridine rings is 1. The number of anilines is 1. The van der Waals surface area contributed by atoms with Gasteiger partial charge in [-0.15, -0.1) is 0 Å². The molecule has 17 heavy (non-hydrogen) atoms. The summed E-state index contributed by atoms with van der Waals surface area (Å²) >= 11 is 0. The molecular weight excluding hydrogens is 216 g/mol. The Hall–Kier alpha value is -1.62. The molecule has 1 aliphatic heterocycles. The second-order valence-corrected chi connectivity index (χ2v) is 4.27. The molecule has 2 heterocycles. The Kier molecular flexibility index (Phi) is 3.58. The van der Waals surface area contributed by atoms with Crippen LogP contribution >= 0.6 is 0 Å². The molecule has 0 aromatic carbocycles. The molecule has 1 aromatic heterocycles. The summed E-state index contributed by atoms with van der Waals surface area (Å²) in [6.07, 6.45) is 3.32. The Morgan fingerprint density at radius 2 is 2.06 bits per heavy atom. The summed E-state index contributed by atoms with van der Waals surface area (Å²) in [5.74, 6) is 0.0653. The van der Waals surface area contributed by atoms with Crippen molar-refractivity contribution in [1.29, 1.82) is 0 Å². The molecule has 5 nitrogen and oxygen atoms in total. The van der Waals surface area contributed by atoms with Crippen LogP contribution in [-0.4, -0.2) is 61.0 Å². The molecule has 0 saturated carbocycles. The zero-order valence-corrected chi connectivity index (χ0v) is 10.3. The number of hydrogen-bond acceptors (Lipinski definition) is 4. The van der Waals surface area contributed by atoms with E-state index in [0.717, 1.165) is 31.9 Å². The first-order chi connectivity index (χ1) is 8.22.